The Balaban J connectivity index is 1.54. The van der Waals surface area contributed by atoms with Crippen LogP contribution in [0.4, 0.5) is 4.79 Å². The molecule has 1 heterocycles. The third-order valence-electron chi connectivity index (χ3n) is 4.88. The Hall–Kier alpha value is -1.27. The second-order valence-electron chi connectivity index (χ2n) is 7.39. The van der Waals surface area contributed by atoms with Crippen molar-refractivity contribution in [3.8, 4) is 0 Å². The van der Waals surface area contributed by atoms with Crippen LogP contribution >= 0.6 is 0 Å². The fourth-order valence-electron chi connectivity index (χ4n) is 2.52. The summed E-state index contributed by atoms with van der Waals surface area (Å²) in [6.45, 7) is 8.19. The van der Waals surface area contributed by atoms with Crippen LogP contribution in [0.1, 0.15) is 47.0 Å². The number of urea groups is 1. The molecule has 1 unspecified atom stereocenters. The van der Waals surface area contributed by atoms with Crippen molar-refractivity contribution in [2.75, 3.05) is 0 Å². The molecule has 0 aromatic carbocycles. The van der Waals surface area contributed by atoms with Crippen LogP contribution in [0.15, 0.2) is 23.7 Å². The molecule has 1 saturated carbocycles. The Morgan fingerprint density at radius 3 is 2.32 bits per heavy atom. The van der Waals surface area contributed by atoms with Crippen molar-refractivity contribution in [1.29, 1.82) is 0 Å². The molecule has 1 saturated heterocycles. The molecule has 0 aromatic rings. The van der Waals surface area contributed by atoms with Crippen molar-refractivity contribution < 1.29 is 14.1 Å². The van der Waals surface area contributed by atoms with Gasteiger partial charge in [-0.1, -0.05) is 18.2 Å². The Bertz CT molecular complexity index is 507. The van der Waals surface area contributed by atoms with Gasteiger partial charge in [-0.15, -0.1) is 0 Å². The van der Waals surface area contributed by atoms with Crippen molar-refractivity contribution >= 4 is 13.1 Å². The topological polar surface area (TPSA) is 59.6 Å². The maximum absolute atomic E-state index is 11.7. The number of nitrogens with one attached hydrogen (secondary N) is 2. The lowest BCUT2D eigenvalue weighted by Crippen LogP contribution is -2.42. The first-order chi connectivity index (χ1) is 10.3. The summed E-state index contributed by atoms with van der Waals surface area (Å²) in [5, 5.41) is 5.91. The highest BCUT2D eigenvalue weighted by Gasteiger charge is 2.52. The third-order valence-corrected chi connectivity index (χ3v) is 4.88. The van der Waals surface area contributed by atoms with Gasteiger partial charge < -0.3 is 19.9 Å². The van der Waals surface area contributed by atoms with Gasteiger partial charge in [0.1, 0.15) is 0 Å². The Labute approximate surface area is 132 Å². The second-order valence-corrected chi connectivity index (χ2v) is 7.39. The van der Waals surface area contributed by atoms with Crippen LogP contribution in [-0.2, 0) is 9.31 Å². The van der Waals surface area contributed by atoms with Crippen molar-refractivity contribution in [2.45, 2.75) is 70.2 Å². The minimum absolute atomic E-state index is 0.0323. The Morgan fingerprint density at radius 2 is 1.82 bits per heavy atom. The van der Waals surface area contributed by atoms with Gasteiger partial charge in [0.25, 0.3) is 0 Å². The fourth-order valence-corrected chi connectivity index (χ4v) is 2.52. The Kier molecular flexibility index (Phi) is 3.85. The van der Waals surface area contributed by atoms with Crippen molar-refractivity contribution in [1.82, 2.24) is 10.6 Å². The SMILES string of the molecule is CC1(C)OB(C2=CCC(NC(=O)NC3CC3)C=C2)OC1(C)C. The molecule has 0 spiro atoms. The highest BCUT2D eigenvalue weighted by atomic mass is 16.7. The molecule has 22 heavy (non-hydrogen) atoms. The molecule has 0 radical (unpaired) electrons. The number of hydrogen-bond acceptors (Lipinski definition) is 3. The maximum Gasteiger partial charge on any atom is 0.494 e. The predicted octanol–water partition coefficient (Wildman–Crippen LogP) is 2.33. The van der Waals surface area contributed by atoms with E-state index in [1.807, 2.05) is 39.8 Å². The second kappa shape index (κ2) is 5.42. The van der Waals surface area contributed by atoms with Gasteiger partial charge in [-0.05, 0) is 52.4 Å². The van der Waals surface area contributed by atoms with Crippen molar-refractivity contribution in [3.05, 3.63) is 23.7 Å². The first-order valence-electron chi connectivity index (χ1n) is 8.08. The third kappa shape index (κ3) is 3.23. The average Bonchev–Trinajstić information content (AvgIpc) is 3.18. The monoisotopic (exact) mass is 304 g/mol. The van der Waals surface area contributed by atoms with Crippen LogP contribution in [-0.4, -0.2) is 36.4 Å². The summed E-state index contributed by atoms with van der Waals surface area (Å²) >= 11 is 0. The molecule has 2 N–H and O–H groups in total. The van der Waals surface area contributed by atoms with Crippen molar-refractivity contribution in [2.24, 2.45) is 0 Å². The van der Waals surface area contributed by atoms with E-state index in [1.54, 1.807) is 0 Å². The highest BCUT2D eigenvalue weighted by Crippen LogP contribution is 2.39. The molecule has 120 valence electrons. The van der Waals surface area contributed by atoms with Crippen LogP contribution in [0.25, 0.3) is 0 Å². The lowest BCUT2D eigenvalue weighted by atomic mass is 9.75. The zero-order valence-electron chi connectivity index (χ0n) is 13.8. The number of carbonyl (C=O) groups is 1. The molecular weight excluding hydrogens is 279 g/mol. The number of rotatable bonds is 3. The molecule has 6 heteroatoms. The van der Waals surface area contributed by atoms with Gasteiger partial charge in [-0.25, -0.2) is 4.79 Å². The quantitative estimate of drug-likeness (QED) is 0.787. The smallest absolute Gasteiger partial charge is 0.399 e. The maximum atomic E-state index is 11.7. The van der Waals surface area contributed by atoms with Gasteiger partial charge in [0.05, 0.1) is 17.2 Å². The van der Waals surface area contributed by atoms with Gasteiger partial charge in [0, 0.05) is 6.04 Å². The van der Waals surface area contributed by atoms with E-state index >= 15 is 0 Å². The van der Waals surface area contributed by atoms with E-state index in [0.717, 1.165) is 24.7 Å². The van der Waals surface area contributed by atoms with E-state index < -0.39 is 0 Å². The van der Waals surface area contributed by atoms with Crippen molar-refractivity contribution in [3.63, 3.8) is 0 Å². The average molecular weight is 304 g/mol. The van der Waals surface area contributed by atoms with Gasteiger partial charge in [-0.3, -0.25) is 0 Å². The van der Waals surface area contributed by atoms with E-state index in [2.05, 4.69) is 16.7 Å². The Morgan fingerprint density at radius 1 is 1.18 bits per heavy atom. The summed E-state index contributed by atoms with van der Waals surface area (Å²) in [5.74, 6) is 0. The van der Waals surface area contributed by atoms with Crippen LogP contribution in [0.3, 0.4) is 0 Å². The summed E-state index contributed by atoms with van der Waals surface area (Å²) in [7, 11) is -0.331. The minimum Gasteiger partial charge on any atom is -0.399 e. The van der Waals surface area contributed by atoms with Gasteiger partial charge >= 0.3 is 13.1 Å². The normalized spacial score (nSPS) is 29.2. The molecule has 1 aliphatic heterocycles. The number of hydrogen-bond donors (Lipinski definition) is 2. The molecule has 2 aliphatic carbocycles. The van der Waals surface area contributed by atoms with Crippen LogP contribution in [0, 0.1) is 0 Å². The van der Waals surface area contributed by atoms with Gasteiger partial charge in [0.15, 0.2) is 0 Å². The molecule has 3 rings (SSSR count). The zero-order valence-corrected chi connectivity index (χ0v) is 13.8. The molecule has 0 aromatic heterocycles. The minimum atomic E-state index is -0.331. The van der Waals surface area contributed by atoms with E-state index in [0.29, 0.717) is 6.04 Å². The van der Waals surface area contributed by atoms with Crippen LogP contribution in [0.5, 0.6) is 0 Å². The lowest BCUT2D eigenvalue weighted by Gasteiger charge is -2.32. The predicted molar refractivity (Wildman–Crippen MR) is 86.4 cm³/mol. The van der Waals surface area contributed by atoms with Crippen LogP contribution in [0.2, 0.25) is 0 Å². The van der Waals surface area contributed by atoms with E-state index in [1.165, 1.54) is 0 Å². The standard InChI is InChI=1S/C16H25BN2O3/c1-15(2)16(3,4)22-17(21-15)11-5-7-12(8-6-11)18-14(20)19-13-9-10-13/h5-7,12-13H,8-10H2,1-4H3,(H2,18,19,20). The fraction of sp³-hybridized carbons (Fsp3) is 0.688. The molecule has 5 nitrogen and oxygen atoms in total. The molecule has 3 aliphatic rings. The van der Waals surface area contributed by atoms with E-state index in [-0.39, 0.29) is 30.4 Å². The molecule has 2 fully saturated rings. The van der Waals surface area contributed by atoms with Gasteiger partial charge in [0.2, 0.25) is 0 Å². The molecule has 2 amide bonds. The molecule has 1 atom stereocenters. The number of carbonyl (C=O) groups excluding carboxylic acids is 1. The summed E-state index contributed by atoms with van der Waals surface area (Å²) in [6.07, 6.45) is 9.04. The zero-order chi connectivity index (χ0) is 16.0. The first kappa shape index (κ1) is 15.6. The first-order valence-corrected chi connectivity index (χ1v) is 8.08. The highest BCUT2D eigenvalue weighted by molar-refractivity contribution is 6.55. The summed E-state index contributed by atoms with van der Waals surface area (Å²) in [6, 6.07) is 0.331. The van der Waals surface area contributed by atoms with Gasteiger partial charge in [-0.2, -0.15) is 0 Å². The van der Waals surface area contributed by atoms with E-state index in [4.69, 9.17) is 9.31 Å². The molecule has 0 bridgehead atoms. The summed E-state index contributed by atoms with van der Waals surface area (Å²) in [4.78, 5) is 11.7. The largest absolute Gasteiger partial charge is 0.494 e. The lowest BCUT2D eigenvalue weighted by molar-refractivity contribution is 0.00578. The number of allylic oxidation sites excluding steroid dienone is 2. The van der Waals surface area contributed by atoms with Crippen LogP contribution < -0.4 is 10.6 Å². The molecular formula is C16H25BN2O3. The summed E-state index contributed by atoms with van der Waals surface area (Å²) in [5.41, 5.74) is 0.372. The van der Waals surface area contributed by atoms with E-state index in [9.17, 15) is 4.79 Å². The summed E-state index contributed by atoms with van der Waals surface area (Å²) < 4.78 is 12.1. The number of amides is 2.